The average molecular weight is 319 g/mol. The van der Waals surface area contributed by atoms with Crippen molar-refractivity contribution in [3.8, 4) is 11.4 Å². The Hall–Kier alpha value is -1.51. The Balaban J connectivity index is 2.66. The number of nitrogens with zero attached hydrogens (tertiary/aromatic N) is 3. The molecule has 6 nitrogen and oxygen atoms in total. The number of nitrogens with two attached hydrogens (primary N) is 1. The average Bonchev–Trinajstić information content (AvgIpc) is 2.73. The molecule has 9 heteroatoms. The van der Waals surface area contributed by atoms with Gasteiger partial charge in [0.25, 0.3) is 15.2 Å². The predicted molar refractivity (Wildman–Crippen MR) is 72.1 cm³/mol. The molecule has 2 aromatic rings. The third-order valence-electron chi connectivity index (χ3n) is 2.59. The summed E-state index contributed by atoms with van der Waals surface area (Å²) in [6, 6.07) is 3.75. The molecule has 2 N–H and O–H groups in total. The summed E-state index contributed by atoms with van der Waals surface area (Å²) < 4.78 is 37.4. The summed E-state index contributed by atoms with van der Waals surface area (Å²) >= 11 is 5.96. The minimum absolute atomic E-state index is 0.121. The van der Waals surface area contributed by atoms with Crippen molar-refractivity contribution >= 4 is 21.6 Å². The van der Waals surface area contributed by atoms with E-state index in [1.807, 2.05) is 6.92 Å². The lowest BCUT2D eigenvalue weighted by Gasteiger charge is -2.09. The van der Waals surface area contributed by atoms with Gasteiger partial charge in [0.1, 0.15) is 5.82 Å². The number of aromatic nitrogens is 3. The lowest BCUT2D eigenvalue weighted by molar-refractivity contribution is 0.559. The molecule has 0 saturated heterocycles. The second kappa shape index (κ2) is 5.47. The van der Waals surface area contributed by atoms with Gasteiger partial charge >= 0.3 is 0 Å². The van der Waals surface area contributed by atoms with Crippen LogP contribution in [0.2, 0.25) is 5.02 Å². The third kappa shape index (κ3) is 2.82. The van der Waals surface area contributed by atoms with E-state index in [-0.39, 0.29) is 16.0 Å². The fraction of sp³-hybridized carbons (Fsp3) is 0.273. The molecule has 0 spiro atoms. The van der Waals surface area contributed by atoms with E-state index in [9.17, 15) is 12.8 Å². The van der Waals surface area contributed by atoms with Crippen LogP contribution in [-0.2, 0) is 16.6 Å². The lowest BCUT2D eigenvalue weighted by atomic mass is 10.2. The summed E-state index contributed by atoms with van der Waals surface area (Å²) in [6.07, 6.45) is 0.645. The van der Waals surface area contributed by atoms with Gasteiger partial charge in [-0.2, -0.15) is 0 Å². The fourth-order valence-corrected chi connectivity index (χ4v) is 2.69. The van der Waals surface area contributed by atoms with Crippen LogP contribution < -0.4 is 5.14 Å². The quantitative estimate of drug-likeness (QED) is 0.930. The fourth-order valence-electron chi connectivity index (χ4n) is 1.79. The van der Waals surface area contributed by atoms with Gasteiger partial charge in [0.15, 0.2) is 5.82 Å². The second-order valence-electron chi connectivity index (χ2n) is 4.13. The van der Waals surface area contributed by atoms with Crippen molar-refractivity contribution in [1.82, 2.24) is 14.8 Å². The van der Waals surface area contributed by atoms with Gasteiger partial charge in [-0.05, 0) is 24.6 Å². The van der Waals surface area contributed by atoms with Gasteiger partial charge in [0.2, 0.25) is 0 Å². The maximum absolute atomic E-state index is 13.1. The van der Waals surface area contributed by atoms with Gasteiger partial charge in [-0.1, -0.05) is 18.5 Å². The number of sulfonamides is 1. The largest absolute Gasteiger partial charge is 0.297 e. The van der Waals surface area contributed by atoms with E-state index >= 15 is 0 Å². The van der Waals surface area contributed by atoms with Crippen LogP contribution in [0.5, 0.6) is 0 Å². The summed E-state index contributed by atoms with van der Waals surface area (Å²) in [7, 11) is -3.99. The second-order valence-corrected chi connectivity index (χ2v) is 5.99. The number of hydrogen-bond acceptors (Lipinski definition) is 4. The minimum Gasteiger partial charge on any atom is -0.297 e. The first-order valence-corrected chi connectivity index (χ1v) is 7.68. The van der Waals surface area contributed by atoms with E-state index in [0.29, 0.717) is 18.5 Å². The first-order valence-electron chi connectivity index (χ1n) is 5.76. The van der Waals surface area contributed by atoms with E-state index in [2.05, 4.69) is 10.2 Å². The van der Waals surface area contributed by atoms with E-state index < -0.39 is 15.8 Å². The molecular formula is C11H12ClFN4O2S. The Morgan fingerprint density at radius 1 is 1.40 bits per heavy atom. The maximum Gasteiger partial charge on any atom is 0.273 e. The maximum atomic E-state index is 13.1. The van der Waals surface area contributed by atoms with Gasteiger partial charge < -0.3 is 0 Å². The highest BCUT2D eigenvalue weighted by Crippen LogP contribution is 2.28. The van der Waals surface area contributed by atoms with Gasteiger partial charge in [0.05, 0.1) is 5.02 Å². The molecule has 0 aliphatic heterocycles. The highest BCUT2D eigenvalue weighted by atomic mass is 35.5. The van der Waals surface area contributed by atoms with Crippen LogP contribution in [0, 0.1) is 5.82 Å². The van der Waals surface area contributed by atoms with Crippen molar-refractivity contribution in [3.05, 3.63) is 29.0 Å². The summed E-state index contributed by atoms with van der Waals surface area (Å²) in [5.41, 5.74) is 0.393. The molecular weight excluding hydrogens is 307 g/mol. The standard InChI is InChI=1S/C11H12ClFN4O2S/c1-2-5-17-10(15-16-11(17)20(14,18)19)8-4-3-7(13)6-9(8)12/h3-4,6H,2,5H2,1H3,(H2,14,18,19). The molecule has 0 amide bonds. The van der Waals surface area contributed by atoms with Crippen molar-refractivity contribution in [3.63, 3.8) is 0 Å². The van der Waals surface area contributed by atoms with Crippen molar-refractivity contribution in [2.24, 2.45) is 5.14 Å². The van der Waals surface area contributed by atoms with Gasteiger partial charge in [-0.15, -0.1) is 10.2 Å². The van der Waals surface area contributed by atoms with Crippen LogP contribution >= 0.6 is 11.6 Å². The number of halogens is 2. The Kier molecular flexibility index (Phi) is 4.07. The van der Waals surface area contributed by atoms with E-state index in [1.165, 1.54) is 16.7 Å². The van der Waals surface area contributed by atoms with Crippen LogP contribution in [0.4, 0.5) is 4.39 Å². The molecule has 0 saturated carbocycles. The Morgan fingerprint density at radius 2 is 2.10 bits per heavy atom. The normalized spacial score (nSPS) is 11.8. The predicted octanol–water partition coefficient (Wildman–Crippen LogP) is 1.79. The van der Waals surface area contributed by atoms with Crippen molar-refractivity contribution in [1.29, 1.82) is 0 Å². The number of hydrogen-bond donors (Lipinski definition) is 1. The molecule has 0 atom stereocenters. The molecule has 0 fully saturated rings. The number of primary sulfonamides is 1. The highest BCUT2D eigenvalue weighted by Gasteiger charge is 2.22. The molecule has 0 aliphatic carbocycles. The van der Waals surface area contributed by atoms with E-state index in [1.54, 1.807) is 0 Å². The van der Waals surface area contributed by atoms with Crippen LogP contribution in [0.25, 0.3) is 11.4 Å². The molecule has 0 aliphatic rings. The SMILES string of the molecule is CCCn1c(-c2ccc(F)cc2Cl)nnc1S(N)(=O)=O. The smallest absolute Gasteiger partial charge is 0.273 e. The monoisotopic (exact) mass is 318 g/mol. The van der Waals surface area contributed by atoms with E-state index in [0.717, 1.165) is 6.07 Å². The van der Waals surface area contributed by atoms with Gasteiger partial charge in [-0.3, -0.25) is 4.57 Å². The third-order valence-corrected chi connectivity index (χ3v) is 3.71. The highest BCUT2D eigenvalue weighted by molar-refractivity contribution is 7.89. The first-order chi connectivity index (χ1) is 9.34. The Labute approximate surface area is 120 Å². The summed E-state index contributed by atoms with van der Waals surface area (Å²) in [5, 5.41) is 12.3. The van der Waals surface area contributed by atoms with Crippen molar-refractivity contribution < 1.29 is 12.8 Å². The minimum atomic E-state index is -3.99. The molecule has 1 aromatic carbocycles. The molecule has 20 heavy (non-hydrogen) atoms. The van der Waals surface area contributed by atoms with Crippen molar-refractivity contribution in [2.45, 2.75) is 25.0 Å². The van der Waals surface area contributed by atoms with Gasteiger partial charge in [0, 0.05) is 12.1 Å². The molecule has 0 radical (unpaired) electrons. The van der Waals surface area contributed by atoms with Crippen LogP contribution in [-0.4, -0.2) is 23.2 Å². The molecule has 0 unspecified atom stereocenters. The van der Waals surface area contributed by atoms with E-state index in [4.69, 9.17) is 16.7 Å². The van der Waals surface area contributed by atoms with Crippen LogP contribution in [0.1, 0.15) is 13.3 Å². The topological polar surface area (TPSA) is 90.9 Å². The van der Waals surface area contributed by atoms with Crippen LogP contribution in [0.3, 0.4) is 0 Å². The number of benzene rings is 1. The summed E-state index contributed by atoms with van der Waals surface area (Å²) in [6.45, 7) is 2.21. The number of rotatable bonds is 4. The molecule has 2 rings (SSSR count). The Bertz CT molecular complexity index is 745. The first kappa shape index (κ1) is 14.9. The molecule has 1 heterocycles. The van der Waals surface area contributed by atoms with Crippen LogP contribution in [0.15, 0.2) is 23.4 Å². The molecule has 1 aromatic heterocycles. The summed E-state index contributed by atoms with van der Waals surface area (Å²) in [5.74, 6) is -0.257. The summed E-state index contributed by atoms with van der Waals surface area (Å²) in [4.78, 5) is 0. The Morgan fingerprint density at radius 3 is 2.65 bits per heavy atom. The van der Waals surface area contributed by atoms with Crippen molar-refractivity contribution in [2.75, 3.05) is 0 Å². The molecule has 108 valence electrons. The zero-order chi connectivity index (χ0) is 14.9. The zero-order valence-electron chi connectivity index (χ0n) is 10.5. The van der Waals surface area contributed by atoms with Gasteiger partial charge in [-0.25, -0.2) is 17.9 Å². The zero-order valence-corrected chi connectivity index (χ0v) is 12.1. The molecule has 0 bridgehead atoms. The lowest BCUT2D eigenvalue weighted by Crippen LogP contribution is -2.19.